The fraction of sp³-hybridized carbons (Fsp3) is 0.488. The number of likely N-dealkylation sites (tertiary alicyclic amines) is 1. The summed E-state index contributed by atoms with van der Waals surface area (Å²) in [4.78, 5) is 60.8. The van der Waals surface area contributed by atoms with E-state index in [0.717, 1.165) is 44.2 Å². The quantitative estimate of drug-likeness (QED) is 0.192. The molecule has 2 aromatic carbocycles. The highest BCUT2D eigenvalue weighted by molar-refractivity contribution is 6.03. The van der Waals surface area contributed by atoms with Gasteiger partial charge in [-0.1, -0.05) is 6.92 Å². The predicted molar refractivity (Wildman–Crippen MR) is 208 cm³/mol. The summed E-state index contributed by atoms with van der Waals surface area (Å²) in [6.07, 6.45) is 7.73. The third-order valence-corrected chi connectivity index (χ3v) is 10.6. The number of benzene rings is 2. The molecule has 2 N–H and O–H groups in total. The molecule has 2 atom stereocenters. The second kappa shape index (κ2) is 17.7. The summed E-state index contributed by atoms with van der Waals surface area (Å²) in [5.74, 6) is 1.31. The lowest BCUT2D eigenvalue weighted by Crippen LogP contribution is -2.35. The van der Waals surface area contributed by atoms with E-state index in [2.05, 4.69) is 22.5 Å². The number of carbonyl (C=O) groups excluding carboxylic acids is 4. The van der Waals surface area contributed by atoms with E-state index in [-0.39, 0.29) is 35.7 Å². The summed E-state index contributed by atoms with van der Waals surface area (Å²) in [6, 6.07) is 10.5. The van der Waals surface area contributed by atoms with E-state index in [1.54, 1.807) is 49.1 Å². The molecule has 4 heterocycles. The van der Waals surface area contributed by atoms with Crippen molar-refractivity contribution in [3.63, 3.8) is 0 Å². The normalized spacial score (nSPS) is 17.4. The molecular formula is C41H52N6O8. The van der Waals surface area contributed by atoms with Gasteiger partial charge in [-0.3, -0.25) is 24.2 Å². The van der Waals surface area contributed by atoms with Gasteiger partial charge in [0.2, 0.25) is 0 Å². The maximum absolute atomic E-state index is 13.3. The van der Waals surface area contributed by atoms with Crippen molar-refractivity contribution in [2.24, 2.45) is 12.0 Å². The molecule has 0 saturated carbocycles. The van der Waals surface area contributed by atoms with Crippen LogP contribution in [0.3, 0.4) is 0 Å². The van der Waals surface area contributed by atoms with Gasteiger partial charge in [-0.05, 0) is 87.8 Å². The largest absolute Gasteiger partial charge is 0.493 e. The summed E-state index contributed by atoms with van der Waals surface area (Å²) in [5.41, 5.74) is 3.19. The van der Waals surface area contributed by atoms with Crippen LogP contribution in [-0.2, 0) is 7.05 Å². The predicted octanol–water partition coefficient (Wildman–Crippen LogP) is 5.08. The van der Waals surface area contributed by atoms with E-state index in [1.807, 2.05) is 29.0 Å². The molecule has 3 aliphatic rings. The van der Waals surface area contributed by atoms with Gasteiger partial charge in [-0.25, -0.2) is 0 Å². The number of amides is 4. The Balaban J connectivity index is 0.932. The van der Waals surface area contributed by atoms with Crippen LogP contribution in [0.5, 0.6) is 23.0 Å². The molecule has 6 rings (SSSR count). The van der Waals surface area contributed by atoms with E-state index in [1.165, 1.54) is 7.11 Å². The maximum atomic E-state index is 13.3. The number of aromatic nitrogens is 1. The molecule has 3 aliphatic heterocycles. The second-order valence-electron chi connectivity index (χ2n) is 14.1. The average molecular weight is 757 g/mol. The van der Waals surface area contributed by atoms with Gasteiger partial charge in [0.05, 0.1) is 44.7 Å². The van der Waals surface area contributed by atoms with Crippen molar-refractivity contribution < 1.29 is 38.1 Å². The topological polar surface area (TPSA) is 153 Å². The number of hydrogen-bond donors (Lipinski definition) is 2. The van der Waals surface area contributed by atoms with Crippen LogP contribution in [0.15, 0.2) is 41.4 Å². The van der Waals surface area contributed by atoms with Gasteiger partial charge >= 0.3 is 0 Å². The number of methoxy groups -OCH3 is 2. The minimum atomic E-state index is -0.312. The lowest BCUT2D eigenvalue weighted by Gasteiger charge is -2.25. The Morgan fingerprint density at radius 3 is 2.09 bits per heavy atom. The average Bonchev–Trinajstić information content (AvgIpc) is 3.94. The van der Waals surface area contributed by atoms with Crippen LogP contribution >= 0.6 is 0 Å². The molecule has 0 bridgehead atoms. The van der Waals surface area contributed by atoms with E-state index in [9.17, 15) is 19.2 Å². The van der Waals surface area contributed by atoms with Crippen molar-refractivity contribution in [2.45, 2.75) is 70.9 Å². The smallest absolute Gasteiger partial charge is 0.267 e. The molecule has 0 radical (unpaired) electrons. The molecule has 4 amide bonds. The van der Waals surface area contributed by atoms with Gasteiger partial charge in [0.1, 0.15) is 11.4 Å². The Morgan fingerprint density at radius 1 is 0.836 bits per heavy atom. The highest BCUT2D eigenvalue weighted by atomic mass is 16.5. The Hall–Kier alpha value is -5.53. The number of fused-ring (bicyclic) bond motifs is 2. The number of aryl methyl sites for hydroxylation is 1. The van der Waals surface area contributed by atoms with Crippen LogP contribution in [-0.4, -0.2) is 110 Å². The molecular weight excluding hydrogens is 704 g/mol. The molecule has 3 aromatic rings. The number of hydrogen-bond acceptors (Lipinski definition) is 9. The number of aliphatic imine (C=N–C) groups is 1. The molecule has 2 fully saturated rings. The highest BCUT2D eigenvalue weighted by Crippen LogP contribution is 2.38. The number of carbonyl (C=O) groups is 4. The van der Waals surface area contributed by atoms with Crippen molar-refractivity contribution in [1.29, 1.82) is 0 Å². The molecule has 1 aromatic heterocycles. The van der Waals surface area contributed by atoms with Crippen molar-refractivity contribution in [1.82, 2.24) is 25.0 Å². The van der Waals surface area contributed by atoms with Crippen LogP contribution in [0.1, 0.15) is 99.1 Å². The Bertz CT molecular complexity index is 1940. The summed E-state index contributed by atoms with van der Waals surface area (Å²) in [7, 11) is 4.76. The van der Waals surface area contributed by atoms with Crippen molar-refractivity contribution >= 4 is 35.5 Å². The second-order valence-corrected chi connectivity index (χ2v) is 14.1. The molecule has 55 heavy (non-hydrogen) atoms. The Labute approximate surface area is 322 Å². The first kappa shape index (κ1) is 39.2. The zero-order valence-electron chi connectivity index (χ0n) is 32.4. The van der Waals surface area contributed by atoms with E-state index in [4.69, 9.17) is 18.9 Å². The van der Waals surface area contributed by atoms with Crippen molar-refractivity contribution in [3.8, 4) is 23.0 Å². The Morgan fingerprint density at radius 2 is 1.45 bits per heavy atom. The zero-order chi connectivity index (χ0) is 39.1. The van der Waals surface area contributed by atoms with Gasteiger partial charge in [0, 0.05) is 57.1 Å². The number of ether oxygens (including phenoxy) is 4. The zero-order valence-corrected chi connectivity index (χ0v) is 32.4. The third-order valence-electron chi connectivity index (χ3n) is 10.6. The monoisotopic (exact) mass is 756 g/mol. The number of rotatable bonds is 16. The molecule has 294 valence electrons. The molecule has 0 unspecified atom stereocenters. The van der Waals surface area contributed by atoms with E-state index < -0.39 is 0 Å². The van der Waals surface area contributed by atoms with Crippen LogP contribution in [0.2, 0.25) is 0 Å². The minimum absolute atomic E-state index is 0.0118. The van der Waals surface area contributed by atoms with Crippen LogP contribution in [0.4, 0.5) is 5.69 Å². The van der Waals surface area contributed by atoms with Crippen molar-refractivity contribution in [3.05, 3.63) is 64.5 Å². The first-order valence-electron chi connectivity index (χ1n) is 19.2. The summed E-state index contributed by atoms with van der Waals surface area (Å²) >= 11 is 0. The Kier molecular flexibility index (Phi) is 12.6. The highest BCUT2D eigenvalue weighted by Gasteiger charge is 2.33. The number of nitrogens with one attached hydrogen (secondary N) is 2. The van der Waals surface area contributed by atoms with Crippen LogP contribution in [0.25, 0.3) is 0 Å². The summed E-state index contributed by atoms with van der Waals surface area (Å²) in [5, 5.41) is 5.78. The standard InChI is InChI=1S/C41H52N6O8/c1-6-27-11-7-17-46(27)40(50)29-22-34(52-4)36(21-26(29)2)54-19-9-15-42-38(48)32-13-14-33(45(32)3)39(49)43-16-10-20-55-37-24-31-30(23-35(37)53-5)41(51)47-18-8-12-28(47)25-44-31/h13-14,21-25,27-28H,6-12,15-20H2,1-5H3,(H,42,48)(H,43,49)/t27-,28+/m1/s1. The summed E-state index contributed by atoms with van der Waals surface area (Å²) in [6.45, 7) is 6.81. The van der Waals surface area contributed by atoms with Crippen LogP contribution < -0.4 is 29.6 Å². The molecule has 2 saturated heterocycles. The van der Waals surface area contributed by atoms with Crippen molar-refractivity contribution in [2.75, 3.05) is 53.6 Å². The van der Waals surface area contributed by atoms with Gasteiger partial charge in [0.15, 0.2) is 23.0 Å². The molecule has 14 nitrogen and oxygen atoms in total. The summed E-state index contributed by atoms with van der Waals surface area (Å²) < 4.78 is 24.6. The van der Waals surface area contributed by atoms with E-state index >= 15 is 0 Å². The fourth-order valence-electron chi connectivity index (χ4n) is 7.53. The fourth-order valence-corrected chi connectivity index (χ4v) is 7.53. The minimum Gasteiger partial charge on any atom is -0.493 e. The molecule has 0 spiro atoms. The maximum Gasteiger partial charge on any atom is 0.267 e. The SMILES string of the molecule is CC[C@@H]1CCCN1C(=O)c1cc(OC)c(OCCCNC(=O)c2ccc(C(=O)NCCCOc3cc4c(cc3OC)C(=O)N3CCC[C@H]3C=N4)n2C)cc1C. The lowest BCUT2D eigenvalue weighted by atomic mass is 10.1. The number of nitrogens with zero attached hydrogens (tertiary/aromatic N) is 4. The van der Waals surface area contributed by atoms with Gasteiger partial charge in [0.25, 0.3) is 23.6 Å². The third kappa shape index (κ3) is 8.58. The van der Waals surface area contributed by atoms with Gasteiger partial charge < -0.3 is 43.9 Å². The first-order chi connectivity index (χ1) is 26.6. The first-order valence-corrected chi connectivity index (χ1v) is 19.2. The molecule has 14 heteroatoms. The lowest BCUT2D eigenvalue weighted by molar-refractivity contribution is 0.0730. The molecule has 0 aliphatic carbocycles. The van der Waals surface area contributed by atoms with E-state index in [0.29, 0.717) is 96.9 Å². The van der Waals surface area contributed by atoms with Gasteiger partial charge in [-0.15, -0.1) is 0 Å². The van der Waals surface area contributed by atoms with Crippen LogP contribution in [0, 0.1) is 6.92 Å². The van der Waals surface area contributed by atoms with Gasteiger partial charge in [-0.2, -0.15) is 0 Å².